The van der Waals surface area contributed by atoms with E-state index in [1.54, 1.807) is 0 Å². The molecule has 1 aliphatic carbocycles. The van der Waals surface area contributed by atoms with Gasteiger partial charge in [0.05, 0.1) is 12.8 Å². The zero-order valence-corrected chi connectivity index (χ0v) is 21.2. The molecule has 182 valence electrons. The molecule has 0 amide bonds. The summed E-state index contributed by atoms with van der Waals surface area (Å²) >= 11 is 12.9. The molecule has 1 heterocycles. The second kappa shape index (κ2) is 10.8. The quantitative estimate of drug-likeness (QED) is 0.354. The molecule has 5 rings (SSSR count). The number of hydrogen-bond donors (Lipinski definition) is 1. The molecule has 0 spiro atoms. The highest BCUT2D eigenvalue weighted by atomic mass is 35.5. The lowest BCUT2D eigenvalue weighted by molar-refractivity contribution is -0.00608. The van der Waals surface area contributed by atoms with Gasteiger partial charge in [-0.2, -0.15) is 0 Å². The third kappa shape index (κ3) is 5.20. The first kappa shape index (κ1) is 24.5. The highest BCUT2D eigenvalue weighted by Gasteiger charge is 2.33. The molecule has 1 atom stereocenters. The third-order valence-corrected chi connectivity index (χ3v) is 7.85. The van der Waals surface area contributed by atoms with Gasteiger partial charge in [-0.3, -0.25) is 4.39 Å². The summed E-state index contributed by atoms with van der Waals surface area (Å²) < 4.78 is 12.4. The Morgan fingerprint density at radius 3 is 2.46 bits per heavy atom. The molecule has 5 heteroatoms. The van der Waals surface area contributed by atoms with E-state index in [1.807, 2.05) is 30.3 Å². The van der Waals surface area contributed by atoms with Gasteiger partial charge >= 0.3 is 0 Å². The summed E-state index contributed by atoms with van der Waals surface area (Å²) in [5, 5.41) is 12.2. The van der Waals surface area contributed by atoms with E-state index in [4.69, 9.17) is 23.2 Å². The fourth-order valence-corrected chi connectivity index (χ4v) is 5.98. The molecule has 2 nitrogen and oxygen atoms in total. The molecule has 1 unspecified atom stereocenters. The van der Waals surface area contributed by atoms with E-state index in [0.717, 1.165) is 55.6 Å². The molecule has 0 aromatic heterocycles. The van der Waals surface area contributed by atoms with E-state index in [2.05, 4.69) is 41.3 Å². The topological polar surface area (TPSA) is 23.5 Å². The van der Waals surface area contributed by atoms with Crippen molar-refractivity contribution < 1.29 is 9.50 Å². The van der Waals surface area contributed by atoms with Crippen molar-refractivity contribution >= 4 is 34.3 Å². The number of allylic oxidation sites excluding steroid dienone is 1. The third-order valence-electron chi connectivity index (χ3n) is 7.30. The minimum Gasteiger partial charge on any atom is -0.388 e. The summed E-state index contributed by atoms with van der Waals surface area (Å²) in [7, 11) is 0. The van der Waals surface area contributed by atoms with Crippen LogP contribution in [0, 0.1) is 5.92 Å². The number of aliphatic hydroxyl groups excluding tert-OH is 1. The molecule has 35 heavy (non-hydrogen) atoms. The molecule has 3 aromatic rings. The molecule has 1 aliphatic heterocycles. The second-order valence-corrected chi connectivity index (χ2v) is 10.5. The number of rotatable bonds is 7. The Morgan fingerprint density at radius 2 is 1.71 bits per heavy atom. The second-order valence-electron chi connectivity index (χ2n) is 9.62. The van der Waals surface area contributed by atoms with Crippen LogP contribution in [0.5, 0.6) is 0 Å². The van der Waals surface area contributed by atoms with Crippen molar-refractivity contribution in [1.82, 2.24) is 4.90 Å². The maximum Gasteiger partial charge on any atom is 0.0906 e. The van der Waals surface area contributed by atoms with Crippen molar-refractivity contribution in [2.45, 2.75) is 31.8 Å². The Labute approximate surface area is 217 Å². The normalized spacial score (nSPS) is 17.6. The number of aliphatic hydroxyl groups is 1. The van der Waals surface area contributed by atoms with Crippen molar-refractivity contribution in [1.29, 1.82) is 0 Å². The molecule has 1 N–H and O–H groups in total. The van der Waals surface area contributed by atoms with Gasteiger partial charge in [0.2, 0.25) is 0 Å². The number of aryl methyl sites for hydroxylation is 1. The van der Waals surface area contributed by atoms with Crippen molar-refractivity contribution in [2.24, 2.45) is 5.92 Å². The van der Waals surface area contributed by atoms with Crippen molar-refractivity contribution in [3.8, 4) is 0 Å². The molecule has 0 saturated carbocycles. The van der Waals surface area contributed by atoms with Gasteiger partial charge in [-0.25, -0.2) is 0 Å². The molecule has 0 bridgehead atoms. The molecular formula is C30H30Cl2FNO. The first-order valence-electron chi connectivity index (χ1n) is 12.4. The van der Waals surface area contributed by atoms with Crippen LogP contribution in [0.1, 0.15) is 53.2 Å². The van der Waals surface area contributed by atoms with E-state index in [9.17, 15) is 9.50 Å². The number of halogens is 3. The van der Waals surface area contributed by atoms with E-state index in [-0.39, 0.29) is 12.6 Å². The number of hydrogen-bond acceptors (Lipinski definition) is 2. The Bertz CT molecular complexity index is 1220. The first-order chi connectivity index (χ1) is 17.0. The highest BCUT2D eigenvalue weighted by Crippen LogP contribution is 2.42. The maximum atomic E-state index is 12.4. The Hall–Kier alpha value is -2.17. The average Bonchev–Trinajstić information content (AvgIpc) is 3.03. The summed E-state index contributed by atoms with van der Waals surface area (Å²) in [6, 6.07) is 22.7. The monoisotopic (exact) mass is 509 g/mol. The number of fused-ring (bicyclic) bond motifs is 1. The Balaban J connectivity index is 1.49. The van der Waals surface area contributed by atoms with Crippen LogP contribution in [0.15, 0.2) is 66.7 Å². The first-order valence-corrected chi connectivity index (χ1v) is 13.1. The van der Waals surface area contributed by atoms with Crippen molar-refractivity contribution in [3.63, 3.8) is 0 Å². The fourth-order valence-electron chi connectivity index (χ4n) is 5.45. The lowest BCUT2D eigenvalue weighted by Crippen LogP contribution is -2.49. The van der Waals surface area contributed by atoms with E-state index < -0.39 is 6.10 Å². The van der Waals surface area contributed by atoms with Gasteiger partial charge in [0.25, 0.3) is 0 Å². The van der Waals surface area contributed by atoms with Gasteiger partial charge in [0.1, 0.15) is 0 Å². The Morgan fingerprint density at radius 1 is 0.943 bits per heavy atom. The summed E-state index contributed by atoms with van der Waals surface area (Å²) in [6.45, 7) is 2.12. The summed E-state index contributed by atoms with van der Waals surface area (Å²) in [4.78, 5) is 2.21. The predicted octanol–water partition coefficient (Wildman–Crippen LogP) is 7.61. The smallest absolute Gasteiger partial charge is 0.0906 e. The van der Waals surface area contributed by atoms with Crippen LogP contribution in [-0.2, 0) is 6.42 Å². The number of nitrogens with zero attached hydrogens (tertiary/aromatic N) is 1. The molecule has 3 aromatic carbocycles. The molecular weight excluding hydrogens is 480 g/mol. The van der Waals surface area contributed by atoms with Crippen LogP contribution in [0.2, 0.25) is 10.0 Å². The summed E-state index contributed by atoms with van der Waals surface area (Å²) in [5.41, 5.74) is 8.08. The number of likely N-dealkylation sites (tertiary alicyclic amines) is 1. The van der Waals surface area contributed by atoms with E-state index in [1.165, 1.54) is 22.3 Å². The van der Waals surface area contributed by atoms with Gasteiger partial charge in [-0.05, 0) is 76.8 Å². The van der Waals surface area contributed by atoms with Crippen LogP contribution in [0.3, 0.4) is 0 Å². The van der Waals surface area contributed by atoms with Gasteiger partial charge in [-0.15, -0.1) is 0 Å². The largest absolute Gasteiger partial charge is 0.388 e. The predicted molar refractivity (Wildman–Crippen MR) is 144 cm³/mol. The lowest BCUT2D eigenvalue weighted by atomic mass is 9.85. The van der Waals surface area contributed by atoms with Gasteiger partial charge in [-0.1, -0.05) is 77.8 Å². The zero-order chi connectivity index (χ0) is 24.4. The Kier molecular flexibility index (Phi) is 7.59. The molecule has 1 fully saturated rings. The van der Waals surface area contributed by atoms with Crippen LogP contribution in [0.25, 0.3) is 11.1 Å². The SMILES string of the molecule is OC(c1ccc(C2=C(c3ccc(Cl)cc3Cl)CCCc3ccccc32)cc1)C1CN(CCCF)C1. The van der Waals surface area contributed by atoms with E-state index in [0.29, 0.717) is 16.5 Å². The fraction of sp³-hybridized carbons (Fsp3) is 0.333. The zero-order valence-electron chi connectivity index (χ0n) is 19.7. The van der Waals surface area contributed by atoms with Crippen LogP contribution >= 0.6 is 23.2 Å². The van der Waals surface area contributed by atoms with E-state index >= 15 is 0 Å². The van der Waals surface area contributed by atoms with Crippen LogP contribution < -0.4 is 0 Å². The minimum absolute atomic E-state index is 0.196. The molecule has 1 saturated heterocycles. The van der Waals surface area contributed by atoms with Gasteiger partial charge in [0.15, 0.2) is 0 Å². The summed E-state index contributed by atoms with van der Waals surface area (Å²) in [5.74, 6) is 0.196. The van der Waals surface area contributed by atoms with Gasteiger partial charge in [0, 0.05) is 35.6 Å². The number of alkyl halides is 1. The van der Waals surface area contributed by atoms with Crippen LogP contribution in [-0.4, -0.2) is 36.3 Å². The minimum atomic E-state index is -0.508. The molecule has 2 aliphatic rings. The number of benzene rings is 3. The average molecular weight is 510 g/mol. The molecule has 0 radical (unpaired) electrons. The summed E-state index contributed by atoms with van der Waals surface area (Å²) in [6.07, 6.45) is 3.05. The lowest BCUT2D eigenvalue weighted by Gasteiger charge is -2.41. The van der Waals surface area contributed by atoms with Gasteiger partial charge < -0.3 is 10.0 Å². The van der Waals surface area contributed by atoms with Crippen molar-refractivity contribution in [3.05, 3.63) is 105 Å². The maximum absolute atomic E-state index is 12.4. The standard InChI is InChI=1S/C30H30Cl2FNO/c31-24-13-14-26(28(32)17-24)27-8-3-6-20-5-1-2-7-25(20)29(27)21-9-11-22(12-10-21)30(35)23-18-34(19-23)16-4-15-33/h1-2,5,7,9-14,17,23,30,35H,3-4,6,8,15-16,18-19H2. The van der Waals surface area contributed by atoms with Crippen LogP contribution in [0.4, 0.5) is 4.39 Å². The van der Waals surface area contributed by atoms with Crippen molar-refractivity contribution in [2.75, 3.05) is 26.3 Å². The highest BCUT2D eigenvalue weighted by molar-refractivity contribution is 6.36.